The van der Waals surface area contributed by atoms with Crippen molar-refractivity contribution in [2.75, 3.05) is 4.72 Å². The molecule has 0 aliphatic heterocycles. The maximum atomic E-state index is 11.9. The molecular weight excluding hydrogens is 260 g/mol. The van der Waals surface area contributed by atoms with E-state index in [1.165, 1.54) is 18.3 Å². The van der Waals surface area contributed by atoms with Crippen LogP contribution in [0.2, 0.25) is 0 Å². The maximum Gasteiger partial charge on any atom is 0.272 e. The summed E-state index contributed by atoms with van der Waals surface area (Å²) in [7, 11) is -3.59. The van der Waals surface area contributed by atoms with Gasteiger partial charge in [0.1, 0.15) is 4.21 Å². The zero-order chi connectivity index (χ0) is 12.3. The van der Waals surface area contributed by atoms with Crippen molar-refractivity contribution in [2.45, 2.75) is 10.8 Å². The minimum absolute atomic E-state index is 0.190. The summed E-state index contributed by atoms with van der Waals surface area (Å²) < 4.78 is 26.4. The highest BCUT2D eigenvalue weighted by Gasteiger charge is 2.17. The fourth-order valence-corrected chi connectivity index (χ4v) is 3.39. The van der Waals surface area contributed by atoms with Crippen molar-refractivity contribution in [3.8, 4) is 0 Å². The molecule has 17 heavy (non-hydrogen) atoms. The van der Waals surface area contributed by atoms with Crippen molar-refractivity contribution in [3.63, 3.8) is 0 Å². The second kappa shape index (κ2) is 4.78. The molecule has 2 aromatic rings. The van der Waals surface area contributed by atoms with Crippen LogP contribution in [0.1, 0.15) is 4.88 Å². The van der Waals surface area contributed by atoms with Gasteiger partial charge in [0.25, 0.3) is 10.0 Å². The summed E-state index contributed by atoms with van der Waals surface area (Å²) in [5.74, 6) is 0.190. The molecular formula is C9H10N4O2S2. The highest BCUT2D eigenvalue weighted by Crippen LogP contribution is 2.22. The summed E-state index contributed by atoms with van der Waals surface area (Å²) in [6.07, 6.45) is 1.47. The summed E-state index contributed by atoms with van der Waals surface area (Å²) in [6, 6.07) is 6.34. The van der Waals surface area contributed by atoms with Gasteiger partial charge in [-0.2, -0.15) is 5.10 Å². The van der Waals surface area contributed by atoms with Gasteiger partial charge in [-0.05, 0) is 24.3 Å². The molecule has 0 aromatic carbocycles. The first-order chi connectivity index (χ1) is 8.12. The molecule has 0 saturated heterocycles. The third kappa shape index (κ3) is 2.78. The zero-order valence-electron chi connectivity index (χ0n) is 8.70. The van der Waals surface area contributed by atoms with E-state index in [-0.39, 0.29) is 10.0 Å². The van der Waals surface area contributed by atoms with Crippen LogP contribution in [0.5, 0.6) is 0 Å². The molecule has 0 fully saturated rings. The van der Waals surface area contributed by atoms with Crippen LogP contribution in [0.15, 0.2) is 34.7 Å². The Bertz CT molecular complexity index is 594. The maximum absolute atomic E-state index is 11.9. The van der Waals surface area contributed by atoms with Gasteiger partial charge in [-0.1, -0.05) is 0 Å². The van der Waals surface area contributed by atoms with Crippen LogP contribution < -0.4 is 10.5 Å². The van der Waals surface area contributed by atoms with Gasteiger partial charge in [0.15, 0.2) is 5.82 Å². The zero-order valence-corrected chi connectivity index (χ0v) is 10.3. The fraction of sp³-hybridized carbons (Fsp3) is 0.111. The van der Waals surface area contributed by atoms with Crippen LogP contribution in [0.4, 0.5) is 5.82 Å². The molecule has 0 spiro atoms. The topological polar surface area (TPSA) is 98.0 Å². The van der Waals surface area contributed by atoms with Gasteiger partial charge in [0, 0.05) is 17.6 Å². The lowest BCUT2D eigenvalue weighted by Crippen LogP contribution is -2.12. The predicted molar refractivity (Wildman–Crippen MR) is 65.1 cm³/mol. The Labute approximate surface area is 103 Å². The fourth-order valence-electron chi connectivity index (χ4n) is 1.16. The molecule has 90 valence electrons. The van der Waals surface area contributed by atoms with Crippen LogP contribution in [0.3, 0.4) is 0 Å². The molecule has 0 bridgehead atoms. The normalized spacial score (nSPS) is 11.4. The second-order valence-corrected chi connectivity index (χ2v) is 6.22. The Morgan fingerprint density at radius 2 is 2.18 bits per heavy atom. The number of nitrogens with zero attached hydrogens (tertiary/aromatic N) is 2. The Morgan fingerprint density at radius 1 is 1.35 bits per heavy atom. The van der Waals surface area contributed by atoms with E-state index in [2.05, 4.69) is 14.9 Å². The number of hydrogen-bond donors (Lipinski definition) is 2. The molecule has 0 radical (unpaired) electrons. The molecule has 2 rings (SSSR count). The minimum Gasteiger partial charge on any atom is -0.326 e. The molecule has 3 N–H and O–H groups in total. The van der Waals surface area contributed by atoms with Crippen LogP contribution in [-0.4, -0.2) is 18.6 Å². The van der Waals surface area contributed by atoms with Gasteiger partial charge in [-0.3, -0.25) is 4.72 Å². The Kier molecular flexibility index (Phi) is 3.36. The average Bonchev–Trinajstić information content (AvgIpc) is 2.79. The third-order valence-corrected chi connectivity index (χ3v) is 4.87. The van der Waals surface area contributed by atoms with Crippen LogP contribution in [0, 0.1) is 0 Å². The monoisotopic (exact) mass is 270 g/mol. The highest BCUT2D eigenvalue weighted by molar-refractivity contribution is 7.94. The number of sulfonamides is 1. The lowest BCUT2D eigenvalue weighted by atomic mass is 10.5. The standard InChI is InChI=1S/C9H10N4O2S2/c10-6-7-3-4-9(16-7)17(14,15)13-8-2-1-5-11-12-8/h1-5H,6,10H2,(H,12,13). The second-order valence-electron chi connectivity index (χ2n) is 3.14. The Hall–Kier alpha value is -1.51. The number of anilines is 1. The van der Waals surface area contributed by atoms with E-state index in [0.29, 0.717) is 6.54 Å². The van der Waals surface area contributed by atoms with E-state index >= 15 is 0 Å². The molecule has 0 amide bonds. The van der Waals surface area contributed by atoms with Crippen LogP contribution in [0.25, 0.3) is 0 Å². The summed E-state index contributed by atoms with van der Waals surface area (Å²) in [5, 5.41) is 7.25. The molecule has 0 aliphatic carbocycles. The first-order valence-electron chi connectivity index (χ1n) is 4.71. The van der Waals surface area contributed by atoms with Gasteiger partial charge < -0.3 is 5.73 Å². The molecule has 2 heterocycles. The molecule has 0 unspecified atom stereocenters. The number of rotatable bonds is 4. The van der Waals surface area contributed by atoms with Crippen molar-refractivity contribution in [3.05, 3.63) is 35.3 Å². The van der Waals surface area contributed by atoms with Gasteiger partial charge in [-0.25, -0.2) is 8.42 Å². The highest BCUT2D eigenvalue weighted by atomic mass is 32.2. The van der Waals surface area contributed by atoms with Crippen LogP contribution in [-0.2, 0) is 16.6 Å². The van der Waals surface area contributed by atoms with Gasteiger partial charge in [0.05, 0.1) is 0 Å². The van der Waals surface area contributed by atoms with Gasteiger partial charge >= 0.3 is 0 Å². The van der Waals surface area contributed by atoms with Crippen molar-refractivity contribution in [1.82, 2.24) is 10.2 Å². The lowest BCUT2D eigenvalue weighted by Gasteiger charge is -2.03. The summed E-state index contributed by atoms with van der Waals surface area (Å²) in [6.45, 7) is 0.325. The van der Waals surface area contributed by atoms with Crippen LogP contribution >= 0.6 is 11.3 Å². The summed E-state index contributed by atoms with van der Waals surface area (Å²) >= 11 is 1.14. The quantitative estimate of drug-likeness (QED) is 0.856. The number of hydrogen-bond acceptors (Lipinski definition) is 6. The van der Waals surface area contributed by atoms with E-state index in [4.69, 9.17) is 5.73 Å². The molecule has 8 heteroatoms. The number of aromatic nitrogens is 2. The molecule has 0 atom stereocenters. The number of nitrogens with two attached hydrogens (primary N) is 1. The first-order valence-corrected chi connectivity index (χ1v) is 7.01. The van der Waals surface area contributed by atoms with E-state index < -0.39 is 10.0 Å². The summed E-state index contributed by atoms with van der Waals surface area (Å²) in [5.41, 5.74) is 5.43. The largest absolute Gasteiger partial charge is 0.326 e. The van der Waals surface area contributed by atoms with Gasteiger partial charge in [0.2, 0.25) is 0 Å². The molecule has 2 aromatic heterocycles. The van der Waals surface area contributed by atoms with Crippen molar-refractivity contribution in [1.29, 1.82) is 0 Å². The predicted octanol–water partition coefficient (Wildman–Crippen LogP) is 0.798. The Balaban J connectivity index is 2.25. The van der Waals surface area contributed by atoms with E-state index in [1.54, 1.807) is 12.1 Å². The molecule has 6 nitrogen and oxygen atoms in total. The van der Waals surface area contributed by atoms with E-state index in [1.807, 2.05) is 0 Å². The lowest BCUT2D eigenvalue weighted by molar-refractivity contribution is 0.603. The Morgan fingerprint density at radius 3 is 2.76 bits per heavy atom. The van der Waals surface area contributed by atoms with E-state index in [9.17, 15) is 8.42 Å². The summed E-state index contributed by atoms with van der Waals surface area (Å²) in [4.78, 5) is 0.810. The van der Waals surface area contributed by atoms with Crippen molar-refractivity contribution >= 4 is 27.2 Å². The number of thiophene rings is 1. The first kappa shape index (κ1) is 12.0. The van der Waals surface area contributed by atoms with Gasteiger partial charge in [-0.15, -0.1) is 16.4 Å². The molecule has 0 aliphatic rings. The SMILES string of the molecule is NCc1ccc(S(=O)(=O)Nc2cccnn2)s1. The smallest absolute Gasteiger partial charge is 0.272 e. The number of nitrogens with one attached hydrogen (secondary N) is 1. The average molecular weight is 270 g/mol. The minimum atomic E-state index is -3.59. The molecule has 0 saturated carbocycles. The van der Waals surface area contributed by atoms with Crippen molar-refractivity contribution in [2.24, 2.45) is 5.73 Å². The van der Waals surface area contributed by atoms with E-state index in [0.717, 1.165) is 16.2 Å². The van der Waals surface area contributed by atoms with Crippen molar-refractivity contribution < 1.29 is 8.42 Å². The third-order valence-electron chi connectivity index (χ3n) is 1.91.